The topological polar surface area (TPSA) is 33.7 Å². The van der Waals surface area contributed by atoms with Crippen molar-refractivity contribution >= 4 is 23.2 Å². The van der Waals surface area contributed by atoms with Gasteiger partial charge in [0.25, 0.3) is 0 Å². The Bertz CT molecular complexity index is 761. The van der Waals surface area contributed by atoms with E-state index in [0.29, 0.717) is 10.0 Å². The fraction of sp³-hybridized carbons (Fsp3) is 0.368. The number of hydrogen-bond donors (Lipinski definition) is 1. The van der Waals surface area contributed by atoms with Crippen molar-refractivity contribution in [2.75, 3.05) is 33.0 Å². The Balaban J connectivity index is 1.79. The van der Waals surface area contributed by atoms with Gasteiger partial charge in [0, 0.05) is 19.6 Å². The summed E-state index contributed by atoms with van der Waals surface area (Å²) in [6.45, 7) is 4.21. The molecule has 2 heterocycles. The van der Waals surface area contributed by atoms with Crippen molar-refractivity contribution in [1.82, 2.24) is 10.2 Å². The first-order valence-corrected chi connectivity index (χ1v) is 9.28. The zero-order chi connectivity index (χ0) is 17.2. The van der Waals surface area contributed by atoms with Crippen molar-refractivity contribution < 1.29 is 9.47 Å². The van der Waals surface area contributed by atoms with Crippen LogP contribution >= 0.6 is 23.2 Å². The van der Waals surface area contributed by atoms with Crippen LogP contribution in [-0.4, -0.2) is 37.9 Å². The van der Waals surface area contributed by atoms with Crippen molar-refractivity contribution in [1.29, 1.82) is 0 Å². The van der Waals surface area contributed by atoms with Gasteiger partial charge in [-0.3, -0.25) is 4.90 Å². The molecule has 0 radical (unpaired) electrons. The Morgan fingerprint density at radius 2 is 1.88 bits per heavy atom. The second kappa shape index (κ2) is 7.42. The highest BCUT2D eigenvalue weighted by Gasteiger charge is 2.27. The van der Waals surface area contributed by atoms with Gasteiger partial charge in [-0.1, -0.05) is 41.4 Å². The summed E-state index contributed by atoms with van der Waals surface area (Å²) in [6.07, 6.45) is 1.10. The minimum atomic E-state index is 0.0283. The molecule has 1 atom stereocenters. The van der Waals surface area contributed by atoms with Crippen LogP contribution in [0.5, 0.6) is 11.5 Å². The summed E-state index contributed by atoms with van der Waals surface area (Å²) < 4.78 is 11.0. The number of halogens is 2. The van der Waals surface area contributed by atoms with Gasteiger partial charge >= 0.3 is 0 Å². The molecule has 2 aromatic carbocycles. The molecule has 6 heteroatoms. The van der Waals surface area contributed by atoms with Gasteiger partial charge in [0.1, 0.15) is 0 Å². The lowest BCUT2D eigenvalue weighted by molar-refractivity contribution is 0.173. The predicted octanol–water partition coefficient (Wildman–Crippen LogP) is 4.11. The molecule has 4 rings (SSSR count). The van der Waals surface area contributed by atoms with Gasteiger partial charge in [-0.2, -0.15) is 0 Å². The maximum Gasteiger partial charge on any atom is 0.231 e. The van der Waals surface area contributed by atoms with Gasteiger partial charge in [0.2, 0.25) is 6.79 Å². The number of rotatable bonds is 3. The van der Waals surface area contributed by atoms with Crippen molar-refractivity contribution in [3.8, 4) is 11.5 Å². The molecule has 1 fully saturated rings. The molecule has 2 aliphatic heterocycles. The first-order chi connectivity index (χ1) is 12.2. The lowest BCUT2D eigenvalue weighted by atomic mass is 9.96. The summed E-state index contributed by atoms with van der Waals surface area (Å²) in [4.78, 5) is 2.45. The zero-order valence-electron chi connectivity index (χ0n) is 13.8. The van der Waals surface area contributed by atoms with Gasteiger partial charge in [-0.05, 0) is 42.3 Å². The van der Waals surface area contributed by atoms with Crippen LogP contribution in [-0.2, 0) is 0 Å². The molecular weight excluding hydrogens is 359 g/mol. The Morgan fingerprint density at radius 1 is 1.00 bits per heavy atom. The number of nitrogens with zero attached hydrogens (tertiary/aromatic N) is 1. The molecule has 4 nitrogen and oxygen atoms in total. The Labute approximate surface area is 157 Å². The second-order valence-electron chi connectivity index (χ2n) is 6.30. The van der Waals surface area contributed by atoms with Gasteiger partial charge in [0.15, 0.2) is 11.5 Å². The van der Waals surface area contributed by atoms with Crippen molar-refractivity contribution in [2.24, 2.45) is 0 Å². The lowest BCUT2D eigenvalue weighted by Gasteiger charge is -2.32. The number of fused-ring (bicyclic) bond motifs is 1. The van der Waals surface area contributed by atoms with Crippen LogP contribution in [0.4, 0.5) is 0 Å². The standard InChI is InChI=1S/C19H20Cl2N2O2/c20-15-4-1-3-14(18(15)21)19(23-9-2-7-22-8-10-23)13-5-6-16-17(11-13)25-12-24-16/h1,3-6,11,19,22H,2,7-10,12H2. The van der Waals surface area contributed by atoms with Crippen LogP contribution < -0.4 is 14.8 Å². The van der Waals surface area contributed by atoms with Crippen molar-refractivity contribution in [3.63, 3.8) is 0 Å². The quantitative estimate of drug-likeness (QED) is 0.871. The first-order valence-electron chi connectivity index (χ1n) is 8.52. The Kier molecular flexibility index (Phi) is 5.04. The molecule has 0 aliphatic carbocycles. The molecule has 0 amide bonds. The summed E-state index contributed by atoms with van der Waals surface area (Å²) in [5.41, 5.74) is 2.16. The first kappa shape index (κ1) is 17.0. The van der Waals surface area contributed by atoms with E-state index in [0.717, 1.165) is 55.2 Å². The van der Waals surface area contributed by atoms with E-state index < -0.39 is 0 Å². The molecule has 2 aromatic rings. The van der Waals surface area contributed by atoms with E-state index in [-0.39, 0.29) is 12.8 Å². The average Bonchev–Trinajstić information content (AvgIpc) is 2.93. The number of nitrogens with one attached hydrogen (secondary N) is 1. The van der Waals surface area contributed by atoms with Gasteiger partial charge < -0.3 is 14.8 Å². The second-order valence-corrected chi connectivity index (χ2v) is 7.08. The largest absolute Gasteiger partial charge is 0.454 e. The van der Waals surface area contributed by atoms with E-state index in [2.05, 4.69) is 28.4 Å². The highest BCUT2D eigenvalue weighted by Crippen LogP contribution is 2.41. The predicted molar refractivity (Wildman–Crippen MR) is 99.9 cm³/mol. The lowest BCUT2D eigenvalue weighted by Crippen LogP contribution is -2.33. The summed E-state index contributed by atoms with van der Waals surface area (Å²) in [5.74, 6) is 1.57. The SMILES string of the molecule is Clc1cccc(C(c2ccc3c(c2)OCO3)N2CCCNCC2)c1Cl. The van der Waals surface area contributed by atoms with Gasteiger partial charge in [-0.25, -0.2) is 0 Å². The van der Waals surface area contributed by atoms with Crippen LogP contribution in [0.2, 0.25) is 10.0 Å². The zero-order valence-corrected chi connectivity index (χ0v) is 15.3. The smallest absolute Gasteiger partial charge is 0.231 e. The highest BCUT2D eigenvalue weighted by molar-refractivity contribution is 6.42. The Morgan fingerprint density at radius 3 is 2.80 bits per heavy atom. The third-order valence-corrected chi connectivity index (χ3v) is 5.56. The summed E-state index contributed by atoms with van der Waals surface area (Å²) in [5, 5.41) is 4.65. The molecule has 132 valence electrons. The van der Waals surface area contributed by atoms with E-state index in [9.17, 15) is 0 Å². The van der Waals surface area contributed by atoms with Crippen LogP contribution in [0, 0.1) is 0 Å². The van der Waals surface area contributed by atoms with Crippen LogP contribution in [0.15, 0.2) is 36.4 Å². The molecule has 0 aromatic heterocycles. The summed E-state index contributed by atoms with van der Waals surface area (Å²) >= 11 is 12.9. The molecule has 1 saturated heterocycles. The average molecular weight is 379 g/mol. The van der Waals surface area contributed by atoms with E-state index in [1.54, 1.807) is 0 Å². The normalized spacial score (nSPS) is 18.8. The van der Waals surface area contributed by atoms with Crippen LogP contribution in [0.25, 0.3) is 0 Å². The van der Waals surface area contributed by atoms with Crippen molar-refractivity contribution in [3.05, 3.63) is 57.6 Å². The molecular formula is C19H20Cl2N2O2. The fourth-order valence-electron chi connectivity index (χ4n) is 3.53. The highest BCUT2D eigenvalue weighted by atomic mass is 35.5. The summed E-state index contributed by atoms with van der Waals surface area (Å²) in [7, 11) is 0. The van der Waals surface area contributed by atoms with Crippen molar-refractivity contribution in [2.45, 2.75) is 12.5 Å². The third kappa shape index (κ3) is 3.44. The molecule has 0 spiro atoms. The van der Waals surface area contributed by atoms with E-state index in [1.165, 1.54) is 0 Å². The van der Waals surface area contributed by atoms with E-state index >= 15 is 0 Å². The minimum absolute atomic E-state index is 0.0283. The Hall–Kier alpha value is -1.46. The van der Waals surface area contributed by atoms with Crippen LogP contribution in [0.1, 0.15) is 23.6 Å². The van der Waals surface area contributed by atoms with E-state index in [4.69, 9.17) is 32.7 Å². The third-order valence-electron chi connectivity index (χ3n) is 4.73. The monoisotopic (exact) mass is 378 g/mol. The number of hydrogen-bond acceptors (Lipinski definition) is 4. The molecule has 2 aliphatic rings. The molecule has 1 unspecified atom stereocenters. The van der Waals surface area contributed by atoms with Gasteiger partial charge in [-0.15, -0.1) is 0 Å². The minimum Gasteiger partial charge on any atom is -0.454 e. The summed E-state index contributed by atoms with van der Waals surface area (Å²) in [6, 6.07) is 12.0. The molecule has 1 N–H and O–H groups in total. The maximum atomic E-state index is 6.58. The van der Waals surface area contributed by atoms with Crippen LogP contribution in [0.3, 0.4) is 0 Å². The number of benzene rings is 2. The molecule has 0 saturated carbocycles. The van der Waals surface area contributed by atoms with Gasteiger partial charge in [0.05, 0.1) is 16.1 Å². The maximum absolute atomic E-state index is 6.58. The fourth-order valence-corrected chi connectivity index (χ4v) is 3.94. The number of ether oxygens (including phenoxy) is 2. The molecule has 0 bridgehead atoms. The van der Waals surface area contributed by atoms with E-state index in [1.807, 2.05) is 18.2 Å². The molecule has 25 heavy (non-hydrogen) atoms.